The first-order chi connectivity index (χ1) is 14.2. The molecular weight excluding hydrogens is 418 g/mol. The Morgan fingerprint density at radius 3 is 2.53 bits per heavy atom. The molecule has 0 unspecified atom stereocenters. The summed E-state index contributed by atoms with van der Waals surface area (Å²) in [5.41, 5.74) is 4.31. The zero-order chi connectivity index (χ0) is 21.5. The summed E-state index contributed by atoms with van der Waals surface area (Å²) in [7, 11) is -2.97. The van der Waals surface area contributed by atoms with Crippen molar-refractivity contribution in [3.63, 3.8) is 0 Å². The molecule has 0 bridgehead atoms. The van der Waals surface area contributed by atoms with Gasteiger partial charge in [-0.25, -0.2) is 8.42 Å². The Balaban J connectivity index is 1.46. The number of aryl methyl sites for hydroxylation is 1. The number of anilines is 2. The molecule has 2 aromatic rings. The van der Waals surface area contributed by atoms with Crippen LogP contribution in [0, 0.1) is 6.92 Å². The highest BCUT2D eigenvalue weighted by atomic mass is 32.2. The van der Waals surface area contributed by atoms with E-state index in [4.69, 9.17) is 0 Å². The lowest BCUT2D eigenvalue weighted by atomic mass is 10.0. The third kappa shape index (κ3) is 4.54. The summed E-state index contributed by atoms with van der Waals surface area (Å²) in [6, 6.07) is 13.2. The van der Waals surface area contributed by atoms with E-state index in [1.54, 1.807) is 12.1 Å². The summed E-state index contributed by atoms with van der Waals surface area (Å²) in [5.74, 6) is 0.553. The maximum atomic E-state index is 12.7. The molecule has 2 heterocycles. The van der Waals surface area contributed by atoms with Gasteiger partial charge in [-0.1, -0.05) is 43.8 Å². The van der Waals surface area contributed by atoms with E-state index in [0.717, 1.165) is 16.9 Å². The lowest BCUT2D eigenvalue weighted by Gasteiger charge is -2.12. The van der Waals surface area contributed by atoms with Crippen molar-refractivity contribution in [1.82, 2.24) is 0 Å². The molecule has 4 rings (SSSR count). The Hall–Kier alpha value is -2.32. The molecule has 1 amide bonds. The van der Waals surface area contributed by atoms with Crippen LogP contribution in [0.15, 0.2) is 47.5 Å². The van der Waals surface area contributed by atoms with Gasteiger partial charge in [0.2, 0.25) is 0 Å². The van der Waals surface area contributed by atoms with Gasteiger partial charge in [0.15, 0.2) is 15.0 Å². The molecule has 8 heteroatoms. The first kappa shape index (κ1) is 20.9. The van der Waals surface area contributed by atoms with E-state index in [0.29, 0.717) is 16.6 Å². The molecular formula is C22H25N3O3S2. The summed E-state index contributed by atoms with van der Waals surface area (Å²) >= 11 is 1.47. The number of nitrogens with one attached hydrogen (secondary N) is 2. The summed E-state index contributed by atoms with van der Waals surface area (Å²) in [6.07, 6.45) is 0. The van der Waals surface area contributed by atoms with Crippen molar-refractivity contribution in [3.8, 4) is 0 Å². The van der Waals surface area contributed by atoms with Gasteiger partial charge in [0.05, 0.1) is 17.5 Å². The number of amidine groups is 1. The molecule has 6 nitrogen and oxygen atoms in total. The summed E-state index contributed by atoms with van der Waals surface area (Å²) in [5, 5.41) is 6.92. The first-order valence-electron chi connectivity index (χ1n) is 9.94. The average molecular weight is 444 g/mol. The largest absolute Gasteiger partial charge is 0.335 e. The van der Waals surface area contributed by atoms with Gasteiger partial charge in [-0.05, 0) is 48.2 Å². The number of hydrogen-bond donors (Lipinski definition) is 2. The first-order valence-corrected chi connectivity index (χ1v) is 12.6. The Bertz CT molecular complexity index is 1110. The zero-order valence-electron chi connectivity index (χ0n) is 17.2. The fourth-order valence-corrected chi connectivity index (χ4v) is 7.25. The molecule has 0 aromatic heterocycles. The number of benzene rings is 2. The molecule has 2 atom stereocenters. The van der Waals surface area contributed by atoms with Crippen molar-refractivity contribution in [1.29, 1.82) is 0 Å². The number of amides is 1. The number of hydrogen-bond acceptors (Lipinski definition) is 6. The van der Waals surface area contributed by atoms with Crippen LogP contribution in [0.4, 0.5) is 11.4 Å². The number of sulfone groups is 1. The molecule has 2 N–H and O–H groups in total. The predicted octanol–water partition coefficient (Wildman–Crippen LogP) is 4.05. The molecule has 30 heavy (non-hydrogen) atoms. The maximum Gasteiger partial charge on any atom is 0.255 e. The van der Waals surface area contributed by atoms with Crippen molar-refractivity contribution in [2.45, 2.75) is 38.0 Å². The maximum absolute atomic E-state index is 12.7. The van der Waals surface area contributed by atoms with Crippen molar-refractivity contribution in [3.05, 3.63) is 59.2 Å². The molecule has 0 spiro atoms. The van der Waals surface area contributed by atoms with Crippen molar-refractivity contribution >= 4 is 44.0 Å². The molecule has 2 aliphatic rings. The van der Waals surface area contributed by atoms with Crippen LogP contribution in [0.2, 0.25) is 0 Å². The molecule has 158 valence electrons. The number of thioether (sulfide) groups is 1. The third-order valence-corrected chi connectivity index (χ3v) is 8.54. The van der Waals surface area contributed by atoms with Crippen LogP contribution < -0.4 is 10.6 Å². The van der Waals surface area contributed by atoms with Crippen LogP contribution in [0.1, 0.15) is 41.3 Å². The number of carbonyl (C=O) groups excluding carboxylic acids is 1. The van der Waals surface area contributed by atoms with Crippen LogP contribution in [-0.4, -0.2) is 42.3 Å². The smallest absolute Gasteiger partial charge is 0.255 e. The highest BCUT2D eigenvalue weighted by Gasteiger charge is 2.42. The van der Waals surface area contributed by atoms with Gasteiger partial charge in [-0.2, -0.15) is 0 Å². The molecule has 0 saturated carbocycles. The summed E-state index contributed by atoms with van der Waals surface area (Å²) in [4.78, 5) is 17.3. The molecule has 2 aromatic carbocycles. The van der Waals surface area contributed by atoms with Crippen LogP contribution in [-0.2, 0) is 9.84 Å². The van der Waals surface area contributed by atoms with Gasteiger partial charge in [-0.15, -0.1) is 0 Å². The minimum atomic E-state index is -2.97. The van der Waals surface area contributed by atoms with Crippen molar-refractivity contribution < 1.29 is 13.2 Å². The quantitative estimate of drug-likeness (QED) is 0.744. The Labute approximate surface area is 181 Å². The standard InChI is InChI=1S/C22H25N3O3S2/c1-13(2)15-6-8-17(9-7-15)23-21(26)16-5-4-14(3)18(10-16)24-22-25-19-11-30(27,28)12-20(19)29-22/h4-10,13,19-20H,11-12H2,1-3H3,(H,23,26)(H,24,25)/t19-,20-/m1/s1. The minimum Gasteiger partial charge on any atom is -0.335 e. The lowest BCUT2D eigenvalue weighted by molar-refractivity contribution is 0.102. The van der Waals surface area contributed by atoms with Gasteiger partial charge in [0, 0.05) is 22.2 Å². The number of aliphatic imine (C=N–C) groups is 1. The Morgan fingerprint density at radius 1 is 1.13 bits per heavy atom. The third-order valence-electron chi connectivity index (χ3n) is 5.39. The molecule has 0 aliphatic carbocycles. The second kappa shape index (κ2) is 8.07. The fraction of sp³-hybridized carbons (Fsp3) is 0.364. The van der Waals surface area contributed by atoms with Crippen molar-refractivity contribution in [2.24, 2.45) is 4.99 Å². The van der Waals surface area contributed by atoms with Gasteiger partial charge < -0.3 is 10.6 Å². The topological polar surface area (TPSA) is 87.6 Å². The van der Waals surface area contributed by atoms with Crippen LogP contribution in [0.3, 0.4) is 0 Å². The summed E-state index contributed by atoms with van der Waals surface area (Å²) in [6.45, 7) is 6.22. The molecule has 1 saturated heterocycles. The van der Waals surface area contributed by atoms with Gasteiger partial charge in [-0.3, -0.25) is 9.79 Å². The van der Waals surface area contributed by atoms with Crippen LogP contribution in [0.25, 0.3) is 0 Å². The minimum absolute atomic E-state index is 0.0156. The van der Waals surface area contributed by atoms with Gasteiger partial charge in [0.25, 0.3) is 5.91 Å². The van der Waals surface area contributed by atoms with E-state index in [9.17, 15) is 13.2 Å². The van der Waals surface area contributed by atoms with E-state index < -0.39 is 9.84 Å². The Kier molecular flexibility index (Phi) is 5.63. The fourth-order valence-electron chi connectivity index (χ4n) is 3.58. The van der Waals surface area contributed by atoms with E-state index in [1.165, 1.54) is 17.3 Å². The second-order valence-electron chi connectivity index (χ2n) is 8.12. The molecule has 0 radical (unpaired) electrons. The highest BCUT2D eigenvalue weighted by Crippen LogP contribution is 2.35. The Morgan fingerprint density at radius 2 is 1.87 bits per heavy atom. The van der Waals surface area contributed by atoms with Crippen molar-refractivity contribution in [2.75, 3.05) is 22.1 Å². The normalized spacial score (nSPS) is 21.9. The van der Waals surface area contributed by atoms with Crippen LogP contribution >= 0.6 is 11.8 Å². The lowest BCUT2D eigenvalue weighted by Crippen LogP contribution is -2.14. The van der Waals surface area contributed by atoms with Gasteiger partial charge in [0.1, 0.15) is 0 Å². The molecule has 1 fully saturated rings. The number of nitrogens with zero attached hydrogens (tertiary/aromatic N) is 1. The van der Waals surface area contributed by atoms with E-state index >= 15 is 0 Å². The second-order valence-corrected chi connectivity index (χ2v) is 11.5. The molecule has 2 aliphatic heterocycles. The number of carbonyl (C=O) groups is 1. The number of fused-ring (bicyclic) bond motifs is 1. The van der Waals surface area contributed by atoms with E-state index in [-0.39, 0.29) is 28.7 Å². The highest BCUT2D eigenvalue weighted by molar-refractivity contribution is 8.15. The van der Waals surface area contributed by atoms with E-state index in [2.05, 4.69) is 29.5 Å². The summed E-state index contributed by atoms with van der Waals surface area (Å²) < 4.78 is 23.5. The predicted molar refractivity (Wildman–Crippen MR) is 125 cm³/mol. The monoisotopic (exact) mass is 443 g/mol. The van der Waals surface area contributed by atoms with Gasteiger partial charge >= 0.3 is 0 Å². The van der Waals surface area contributed by atoms with E-state index in [1.807, 2.05) is 37.3 Å². The average Bonchev–Trinajstić information content (AvgIpc) is 3.16. The SMILES string of the molecule is Cc1ccc(C(=O)Nc2ccc(C(C)C)cc2)cc1NC1=N[C@@H]2CS(=O)(=O)C[C@H]2S1. The van der Waals surface area contributed by atoms with Crippen LogP contribution in [0.5, 0.6) is 0 Å². The number of rotatable bonds is 4. The zero-order valence-corrected chi connectivity index (χ0v) is 18.8.